The van der Waals surface area contributed by atoms with E-state index >= 15 is 4.39 Å². The van der Waals surface area contributed by atoms with Crippen LogP contribution in [0.5, 0.6) is 0 Å². The van der Waals surface area contributed by atoms with Crippen LogP contribution in [-0.2, 0) is 4.79 Å². The lowest BCUT2D eigenvalue weighted by Crippen LogP contribution is -2.51. The third-order valence-electron chi connectivity index (χ3n) is 7.93. The van der Waals surface area contributed by atoms with Crippen LogP contribution in [-0.4, -0.2) is 32.3 Å². The summed E-state index contributed by atoms with van der Waals surface area (Å²) in [5.41, 5.74) is 0.0605. The molecule has 4 aromatic rings. The van der Waals surface area contributed by atoms with Gasteiger partial charge in [0.15, 0.2) is 17.5 Å². The lowest BCUT2D eigenvalue weighted by molar-refractivity contribution is -0.148. The van der Waals surface area contributed by atoms with Crippen molar-refractivity contribution < 1.29 is 23.1 Å². The number of aromatic nitrogens is 3. The summed E-state index contributed by atoms with van der Waals surface area (Å²) in [6, 6.07) is 11.6. The van der Waals surface area contributed by atoms with Crippen molar-refractivity contribution in [1.29, 1.82) is 5.26 Å². The van der Waals surface area contributed by atoms with Crippen molar-refractivity contribution in [3.63, 3.8) is 0 Å². The first-order valence-electron chi connectivity index (χ1n) is 12.4. The number of carboxylic acids is 1. The molecule has 3 aliphatic rings. The normalized spacial score (nSPS) is 22.4. The zero-order valence-electron chi connectivity index (χ0n) is 20.0. The Bertz CT molecular complexity index is 1610. The molecule has 2 aromatic carbocycles. The van der Waals surface area contributed by atoms with Crippen molar-refractivity contribution >= 4 is 22.7 Å². The number of nitrogens with one attached hydrogen (secondary N) is 2. The fourth-order valence-corrected chi connectivity index (χ4v) is 6.22. The lowest BCUT2D eigenvalue weighted by atomic mass is 9.61. The maximum absolute atomic E-state index is 16.2. The molecule has 2 aromatic heterocycles. The Balaban J connectivity index is 1.58. The van der Waals surface area contributed by atoms with Crippen LogP contribution in [0.25, 0.3) is 33.4 Å². The van der Waals surface area contributed by atoms with Crippen molar-refractivity contribution in [3.05, 3.63) is 65.5 Å². The van der Waals surface area contributed by atoms with E-state index in [2.05, 4.69) is 20.5 Å². The number of hydrogen-bond donors (Lipinski definition) is 3. The number of carboxylic acid groups (broad SMARTS) is 1. The molecule has 3 fully saturated rings. The number of hydrogen-bond acceptors (Lipinski definition) is 5. The van der Waals surface area contributed by atoms with Crippen molar-refractivity contribution in [2.24, 2.45) is 17.8 Å². The van der Waals surface area contributed by atoms with Crippen LogP contribution in [0.15, 0.2) is 42.5 Å². The highest BCUT2D eigenvalue weighted by Crippen LogP contribution is 2.47. The fourth-order valence-electron chi connectivity index (χ4n) is 6.22. The van der Waals surface area contributed by atoms with Gasteiger partial charge in [-0.1, -0.05) is 30.3 Å². The summed E-state index contributed by atoms with van der Waals surface area (Å²) in [7, 11) is 0. The number of aromatic amines is 1. The number of rotatable bonds is 5. The molecule has 3 N–H and O–H groups in total. The van der Waals surface area contributed by atoms with Crippen LogP contribution in [0, 0.1) is 46.5 Å². The molecule has 38 heavy (non-hydrogen) atoms. The Labute approximate surface area is 215 Å². The van der Waals surface area contributed by atoms with Crippen LogP contribution < -0.4 is 5.32 Å². The highest BCUT2D eigenvalue weighted by Gasteiger charge is 2.47. The molecule has 192 valence electrons. The summed E-state index contributed by atoms with van der Waals surface area (Å²) in [5, 5.41) is 29.8. The van der Waals surface area contributed by atoms with Gasteiger partial charge in [-0.2, -0.15) is 10.4 Å². The second-order valence-corrected chi connectivity index (χ2v) is 9.94. The number of carbonyl (C=O) groups is 1. The lowest BCUT2D eigenvalue weighted by Gasteiger charge is -2.47. The molecule has 2 bridgehead atoms. The van der Waals surface area contributed by atoms with Gasteiger partial charge in [-0.05, 0) is 49.1 Å². The third kappa shape index (κ3) is 3.77. The zero-order valence-corrected chi connectivity index (χ0v) is 20.0. The Morgan fingerprint density at radius 1 is 1.08 bits per heavy atom. The van der Waals surface area contributed by atoms with E-state index < -0.39 is 35.4 Å². The number of nitrogens with zero attached hydrogens (tertiary/aromatic N) is 3. The van der Waals surface area contributed by atoms with Gasteiger partial charge in [0, 0.05) is 23.1 Å². The molecule has 0 saturated heterocycles. The van der Waals surface area contributed by atoms with Crippen molar-refractivity contribution in [1.82, 2.24) is 15.2 Å². The first kappa shape index (κ1) is 24.0. The predicted octanol–water partition coefficient (Wildman–Crippen LogP) is 5.88. The highest BCUT2D eigenvalue weighted by atomic mass is 19.1. The topological polar surface area (TPSA) is 115 Å². The Hall–Kier alpha value is -4.39. The quantitative estimate of drug-likeness (QED) is 0.305. The van der Waals surface area contributed by atoms with Gasteiger partial charge in [0.25, 0.3) is 0 Å². The number of H-pyrrole nitrogens is 1. The van der Waals surface area contributed by atoms with Crippen molar-refractivity contribution in [3.8, 4) is 28.6 Å². The van der Waals surface area contributed by atoms with E-state index in [-0.39, 0.29) is 51.1 Å². The monoisotopic (exact) mass is 517 g/mol. The molecule has 0 spiro atoms. The minimum Gasteiger partial charge on any atom is -0.481 e. The van der Waals surface area contributed by atoms with Gasteiger partial charge >= 0.3 is 5.97 Å². The molecule has 3 saturated carbocycles. The molecule has 3 aliphatic carbocycles. The van der Waals surface area contributed by atoms with Crippen molar-refractivity contribution in [2.75, 3.05) is 5.32 Å². The summed E-state index contributed by atoms with van der Waals surface area (Å²) in [6.07, 6.45) is 3.26. The maximum Gasteiger partial charge on any atom is 0.308 e. The van der Waals surface area contributed by atoms with Gasteiger partial charge in [0.1, 0.15) is 23.1 Å². The first-order valence-corrected chi connectivity index (χ1v) is 12.4. The first-order chi connectivity index (χ1) is 18.4. The standard InChI is InChI=1S/C28H22F3N5O2/c29-16-10-17-24(19(30)11-16)35-36-26(17)25-18(12-32)20(13-4-2-1-3-5-13)22(31)27(34-25)33-23-15-8-6-14(7-9-15)21(23)28(37)38/h1-5,10-11,14-15,21,23H,6-9H2,(H,33,34)(H,35,36)(H,37,38)/t14?,15?,21-,23-/m1/s1. The number of anilines is 1. The molecule has 2 heterocycles. The maximum atomic E-state index is 16.2. The van der Waals surface area contributed by atoms with Gasteiger partial charge in [-0.3, -0.25) is 9.89 Å². The molecule has 2 atom stereocenters. The average Bonchev–Trinajstić information content (AvgIpc) is 3.34. The van der Waals surface area contributed by atoms with Crippen molar-refractivity contribution in [2.45, 2.75) is 31.7 Å². The summed E-state index contributed by atoms with van der Waals surface area (Å²) in [5.74, 6) is -4.41. The summed E-state index contributed by atoms with van der Waals surface area (Å²) < 4.78 is 44.8. The van der Waals surface area contributed by atoms with Gasteiger partial charge < -0.3 is 10.4 Å². The van der Waals surface area contributed by atoms with E-state index in [0.29, 0.717) is 11.6 Å². The second-order valence-electron chi connectivity index (χ2n) is 9.94. The molecule has 7 rings (SSSR count). The van der Waals surface area contributed by atoms with Gasteiger partial charge in [0.05, 0.1) is 17.2 Å². The van der Waals surface area contributed by atoms with Crippen LogP contribution in [0.4, 0.5) is 19.0 Å². The molecule has 0 unspecified atom stereocenters. The van der Waals surface area contributed by atoms with Gasteiger partial charge in [-0.25, -0.2) is 18.2 Å². The molecular weight excluding hydrogens is 495 g/mol. The molecular formula is C28H22F3N5O2. The number of fused-ring (bicyclic) bond motifs is 4. The minimum atomic E-state index is -0.944. The number of nitriles is 1. The minimum absolute atomic E-state index is 0.0213. The summed E-state index contributed by atoms with van der Waals surface area (Å²) in [6.45, 7) is 0. The van der Waals surface area contributed by atoms with E-state index in [1.165, 1.54) is 0 Å². The summed E-state index contributed by atoms with van der Waals surface area (Å²) >= 11 is 0. The molecule has 7 nitrogen and oxygen atoms in total. The molecule has 0 amide bonds. The number of pyridine rings is 1. The SMILES string of the molecule is N#Cc1c(-c2[nH]nc3c(F)cc(F)cc23)nc(N[C@@H]2C3CCC(CC3)[C@H]2C(=O)O)c(F)c1-c1ccccc1. The van der Waals surface area contributed by atoms with E-state index in [1.54, 1.807) is 30.3 Å². The van der Waals surface area contributed by atoms with E-state index in [9.17, 15) is 23.9 Å². The zero-order chi connectivity index (χ0) is 26.6. The fraction of sp³-hybridized carbons (Fsp3) is 0.286. The van der Waals surface area contributed by atoms with Crippen LogP contribution >= 0.6 is 0 Å². The predicted molar refractivity (Wildman–Crippen MR) is 133 cm³/mol. The highest BCUT2D eigenvalue weighted by molar-refractivity contribution is 5.95. The van der Waals surface area contributed by atoms with E-state index in [1.807, 2.05) is 6.07 Å². The molecule has 0 radical (unpaired) electrons. The van der Waals surface area contributed by atoms with Crippen LogP contribution in [0.3, 0.4) is 0 Å². The van der Waals surface area contributed by atoms with Crippen LogP contribution in [0.1, 0.15) is 31.2 Å². The Morgan fingerprint density at radius 2 is 1.79 bits per heavy atom. The number of halogens is 3. The Morgan fingerprint density at radius 3 is 2.47 bits per heavy atom. The summed E-state index contributed by atoms with van der Waals surface area (Å²) in [4.78, 5) is 16.6. The molecule has 0 aliphatic heterocycles. The molecule has 10 heteroatoms. The van der Waals surface area contributed by atoms with Gasteiger partial charge in [-0.15, -0.1) is 0 Å². The number of aliphatic carboxylic acids is 1. The van der Waals surface area contributed by atoms with E-state index in [4.69, 9.17) is 0 Å². The third-order valence-corrected chi connectivity index (χ3v) is 7.93. The Kier molecular flexibility index (Phi) is 5.79. The smallest absolute Gasteiger partial charge is 0.308 e. The second kappa shape index (κ2) is 9.17. The van der Waals surface area contributed by atoms with E-state index in [0.717, 1.165) is 31.7 Å². The van der Waals surface area contributed by atoms with Gasteiger partial charge in [0.2, 0.25) is 0 Å². The average molecular weight is 518 g/mol. The largest absolute Gasteiger partial charge is 0.481 e. The van der Waals surface area contributed by atoms with Crippen LogP contribution in [0.2, 0.25) is 0 Å². The number of benzene rings is 2.